The molecule has 0 radical (unpaired) electrons. The molecule has 2 aromatic rings. The van der Waals surface area contributed by atoms with Gasteiger partial charge in [0.25, 0.3) is 0 Å². The molecule has 0 saturated heterocycles. The molecule has 0 spiro atoms. The average Bonchev–Trinajstić information content (AvgIpc) is 2.90. The molecular weight excluding hydrogens is 268 g/mol. The van der Waals surface area contributed by atoms with Crippen molar-refractivity contribution >= 4 is 16.3 Å². The topological polar surface area (TPSA) is 32.6 Å². The normalized spacial score (nSPS) is 12.4. The Morgan fingerprint density at radius 2 is 2.00 bits per heavy atom. The molecule has 0 aliphatic carbocycles. The minimum Gasteiger partial charge on any atom is -0.310 e. The first-order valence-electron chi connectivity index (χ1n) is 7.38. The highest BCUT2D eigenvalue weighted by atomic mass is 32.1. The summed E-state index contributed by atoms with van der Waals surface area (Å²) in [6, 6.07) is 1.19. The Morgan fingerprint density at radius 3 is 2.65 bits per heavy atom. The number of nitrogens with one attached hydrogen (secondary N) is 1. The van der Waals surface area contributed by atoms with E-state index in [0.717, 1.165) is 30.3 Å². The second-order valence-corrected chi connectivity index (χ2v) is 6.67. The first-order valence-corrected chi connectivity index (χ1v) is 8.26. The second kappa shape index (κ2) is 6.70. The quantitative estimate of drug-likeness (QED) is 0.797. The first-order chi connectivity index (χ1) is 9.50. The number of aryl methyl sites for hydroxylation is 1. The van der Waals surface area contributed by atoms with E-state index in [0.29, 0.717) is 12.1 Å². The van der Waals surface area contributed by atoms with Crippen molar-refractivity contribution in [2.75, 3.05) is 13.1 Å². The van der Waals surface area contributed by atoms with Crippen LogP contribution in [0.1, 0.15) is 39.1 Å². The fourth-order valence-electron chi connectivity index (χ4n) is 2.68. The van der Waals surface area contributed by atoms with E-state index in [2.05, 4.69) is 65.8 Å². The maximum absolute atomic E-state index is 4.57. The molecule has 0 amide bonds. The Morgan fingerprint density at radius 1 is 1.30 bits per heavy atom. The number of imidazole rings is 1. The van der Waals surface area contributed by atoms with Crippen LogP contribution in [0.15, 0.2) is 11.6 Å². The molecule has 0 saturated carbocycles. The number of aromatic nitrogens is 2. The highest BCUT2D eigenvalue weighted by molar-refractivity contribution is 7.15. The van der Waals surface area contributed by atoms with Crippen LogP contribution >= 0.6 is 11.3 Å². The summed E-state index contributed by atoms with van der Waals surface area (Å²) in [7, 11) is 0. The average molecular weight is 294 g/mol. The Bertz CT molecular complexity index is 533. The molecular formula is C15H26N4S. The molecule has 2 aromatic heterocycles. The van der Waals surface area contributed by atoms with E-state index in [4.69, 9.17) is 0 Å². The van der Waals surface area contributed by atoms with Gasteiger partial charge in [0.15, 0.2) is 4.96 Å². The lowest BCUT2D eigenvalue weighted by atomic mass is 10.2. The number of hydrogen-bond acceptors (Lipinski definition) is 4. The van der Waals surface area contributed by atoms with E-state index in [1.165, 1.54) is 5.69 Å². The van der Waals surface area contributed by atoms with Gasteiger partial charge >= 0.3 is 0 Å². The van der Waals surface area contributed by atoms with Crippen LogP contribution in [0.2, 0.25) is 0 Å². The van der Waals surface area contributed by atoms with Crippen molar-refractivity contribution < 1.29 is 0 Å². The highest BCUT2D eigenvalue weighted by Crippen LogP contribution is 2.16. The van der Waals surface area contributed by atoms with Crippen molar-refractivity contribution in [2.45, 2.75) is 53.2 Å². The van der Waals surface area contributed by atoms with Crippen LogP contribution in [0, 0.1) is 6.92 Å². The summed E-state index contributed by atoms with van der Waals surface area (Å²) in [5, 5.41) is 5.64. The summed E-state index contributed by atoms with van der Waals surface area (Å²) in [5.74, 6) is 0. The van der Waals surface area contributed by atoms with Crippen molar-refractivity contribution in [1.82, 2.24) is 19.6 Å². The van der Waals surface area contributed by atoms with Crippen molar-refractivity contribution in [2.24, 2.45) is 0 Å². The summed E-state index contributed by atoms with van der Waals surface area (Å²) in [4.78, 5) is 8.17. The van der Waals surface area contributed by atoms with E-state index in [1.54, 1.807) is 11.3 Å². The number of nitrogens with zero attached hydrogens (tertiary/aromatic N) is 3. The second-order valence-electron chi connectivity index (χ2n) is 5.80. The zero-order valence-electron chi connectivity index (χ0n) is 13.2. The standard InChI is InChI=1S/C15H26N4S/c1-11(2)18(12(3)4)7-6-16-10-14-13(5)17-15-19(14)8-9-20-15/h8-9,11-12,16H,6-7,10H2,1-5H3. The van der Waals surface area contributed by atoms with E-state index >= 15 is 0 Å². The maximum Gasteiger partial charge on any atom is 0.194 e. The first kappa shape index (κ1) is 15.5. The molecule has 1 N–H and O–H groups in total. The monoisotopic (exact) mass is 294 g/mol. The molecule has 5 heteroatoms. The van der Waals surface area contributed by atoms with Crippen LogP contribution in [-0.2, 0) is 6.54 Å². The maximum atomic E-state index is 4.57. The number of hydrogen-bond donors (Lipinski definition) is 1. The van der Waals surface area contributed by atoms with Gasteiger partial charge in [-0.2, -0.15) is 0 Å². The van der Waals surface area contributed by atoms with Crippen LogP contribution in [0.4, 0.5) is 0 Å². The van der Waals surface area contributed by atoms with Gasteiger partial charge in [-0.1, -0.05) is 0 Å². The fraction of sp³-hybridized carbons (Fsp3) is 0.667. The minimum atomic E-state index is 0.595. The lowest BCUT2D eigenvalue weighted by Crippen LogP contribution is -2.41. The van der Waals surface area contributed by atoms with Gasteiger partial charge in [-0.25, -0.2) is 4.98 Å². The fourth-order valence-corrected chi connectivity index (χ4v) is 3.46. The smallest absolute Gasteiger partial charge is 0.194 e. The van der Waals surface area contributed by atoms with Crippen molar-refractivity contribution in [3.05, 3.63) is 23.0 Å². The number of fused-ring (bicyclic) bond motifs is 1. The molecule has 0 unspecified atom stereocenters. The van der Waals surface area contributed by atoms with Gasteiger partial charge < -0.3 is 5.32 Å². The molecule has 0 aliphatic rings. The molecule has 0 fully saturated rings. The molecule has 2 rings (SSSR count). The Kier molecular flexibility index (Phi) is 5.18. The van der Waals surface area contributed by atoms with Gasteiger partial charge in [-0.05, 0) is 34.6 Å². The lowest BCUT2D eigenvalue weighted by Gasteiger charge is -2.30. The SMILES string of the molecule is Cc1nc2sccn2c1CNCCN(C(C)C)C(C)C. The predicted molar refractivity (Wildman–Crippen MR) is 86.5 cm³/mol. The van der Waals surface area contributed by atoms with Gasteiger partial charge in [0.2, 0.25) is 0 Å². The summed E-state index contributed by atoms with van der Waals surface area (Å²) < 4.78 is 2.19. The van der Waals surface area contributed by atoms with Gasteiger partial charge in [-0.3, -0.25) is 9.30 Å². The summed E-state index contributed by atoms with van der Waals surface area (Å²) >= 11 is 1.69. The number of rotatable bonds is 7. The van der Waals surface area contributed by atoms with Gasteiger partial charge in [0.05, 0.1) is 11.4 Å². The Balaban J connectivity index is 1.87. The van der Waals surface area contributed by atoms with Crippen molar-refractivity contribution in [3.63, 3.8) is 0 Å². The van der Waals surface area contributed by atoms with Gasteiger partial charge in [-0.15, -0.1) is 11.3 Å². The van der Waals surface area contributed by atoms with E-state index in [1.807, 2.05) is 0 Å². The zero-order chi connectivity index (χ0) is 14.7. The van der Waals surface area contributed by atoms with Gasteiger partial charge in [0.1, 0.15) is 0 Å². The molecule has 0 bridgehead atoms. The number of thiazole rings is 1. The predicted octanol–water partition coefficient (Wildman–Crippen LogP) is 2.91. The molecule has 0 aromatic carbocycles. The minimum absolute atomic E-state index is 0.595. The van der Waals surface area contributed by atoms with Crippen molar-refractivity contribution in [1.29, 1.82) is 0 Å². The molecule has 112 valence electrons. The van der Waals surface area contributed by atoms with E-state index in [9.17, 15) is 0 Å². The lowest BCUT2D eigenvalue weighted by molar-refractivity contribution is 0.175. The summed E-state index contributed by atoms with van der Waals surface area (Å²) in [6.45, 7) is 14.1. The third-order valence-corrected chi connectivity index (χ3v) is 4.48. The summed E-state index contributed by atoms with van der Waals surface area (Å²) in [6.07, 6.45) is 2.10. The molecule has 20 heavy (non-hydrogen) atoms. The Hall–Kier alpha value is -0.910. The highest BCUT2D eigenvalue weighted by Gasteiger charge is 2.13. The van der Waals surface area contributed by atoms with Crippen LogP contribution in [0.25, 0.3) is 4.96 Å². The van der Waals surface area contributed by atoms with Crippen LogP contribution in [-0.4, -0.2) is 39.5 Å². The van der Waals surface area contributed by atoms with Crippen molar-refractivity contribution in [3.8, 4) is 0 Å². The zero-order valence-corrected chi connectivity index (χ0v) is 14.0. The molecule has 4 nitrogen and oxygen atoms in total. The third kappa shape index (κ3) is 3.40. The largest absolute Gasteiger partial charge is 0.310 e. The third-order valence-electron chi connectivity index (χ3n) is 3.73. The van der Waals surface area contributed by atoms with Crippen LogP contribution < -0.4 is 5.32 Å². The van der Waals surface area contributed by atoms with E-state index in [-0.39, 0.29) is 0 Å². The molecule has 0 aliphatic heterocycles. The molecule has 0 atom stereocenters. The Labute approximate surface area is 125 Å². The van der Waals surface area contributed by atoms with Crippen LogP contribution in [0.3, 0.4) is 0 Å². The summed E-state index contributed by atoms with van der Waals surface area (Å²) in [5.41, 5.74) is 2.41. The van der Waals surface area contributed by atoms with E-state index < -0.39 is 0 Å². The van der Waals surface area contributed by atoms with Gasteiger partial charge in [0, 0.05) is 43.3 Å². The van der Waals surface area contributed by atoms with Crippen LogP contribution in [0.5, 0.6) is 0 Å². The molecule has 2 heterocycles.